The van der Waals surface area contributed by atoms with E-state index in [9.17, 15) is 9.59 Å². The molecule has 1 unspecified atom stereocenters. The number of nitrogens with zero attached hydrogens (tertiary/aromatic N) is 2. The van der Waals surface area contributed by atoms with E-state index in [0.717, 1.165) is 18.1 Å². The van der Waals surface area contributed by atoms with Gasteiger partial charge in [0.05, 0.1) is 12.6 Å². The molecule has 17 heavy (non-hydrogen) atoms. The monoisotopic (exact) mass is 259 g/mol. The average Bonchev–Trinajstić information content (AvgIpc) is 2.35. The Kier molecular flexibility index (Phi) is 5.77. The SMILES string of the molecule is CCN(CC(=O)N(C)C)C(=O)C1CSCCN1. The number of hydrogen-bond donors (Lipinski definition) is 1. The highest BCUT2D eigenvalue weighted by Crippen LogP contribution is 2.10. The molecule has 0 aromatic heterocycles. The van der Waals surface area contributed by atoms with Crippen molar-refractivity contribution in [1.82, 2.24) is 15.1 Å². The molecule has 1 atom stereocenters. The zero-order valence-electron chi connectivity index (χ0n) is 10.7. The maximum absolute atomic E-state index is 12.2. The number of hydrogen-bond acceptors (Lipinski definition) is 4. The van der Waals surface area contributed by atoms with Gasteiger partial charge in [0.2, 0.25) is 11.8 Å². The van der Waals surface area contributed by atoms with Crippen LogP contribution in [0.3, 0.4) is 0 Å². The smallest absolute Gasteiger partial charge is 0.241 e. The van der Waals surface area contributed by atoms with Crippen molar-refractivity contribution in [2.24, 2.45) is 0 Å². The summed E-state index contributed by atoms with van der Waals surface area (Å²) in [5.74, 6) is 1.84. The highest BCUT2D eigenvalue weighted by Gasteiger charge is 2.26. The van der Waals surface area contributed by atoms with Crippen molar-refractivity contribution in [3.8, 4) is 0 Å². The standard InChI is InChI=1S/C11H21N3O2S/c1-4-14(7-10(15)13(2)3)11(16)9-8-17-6-5-12-9/h9,12H,4-8H2,1-3H3. The maximum Gasteiger partial charge on any atom is 0.241 e. The quantitative estimate of drug-likeness (QED) is 0.748. The van der Waals surface area contributed by atoms with E-state index < -0.39 is 0 Å². The van der Waals surface area contributed by atoms with Gasteiger partial charge in [-0.3, -0.25) is 9.59 Å². The Labute approximate surface area is 107 Å². The minimum Gasteiger partial charge on any atom is -0.347 e. The Hall–Kier alpha value is -0.750. The van der Waals surface area contributed by atoms with Crippen molar-refractivity contribution in [2.45, 2.75) is 13.0 Å². The fraction of sp³-hybridized carbons (Fsp3) is 0.818. The fourth-order valence-corrected chi connectivity index (χ4v) is 2.52. The summed E-state index contributed by atoms with van der Waals surface area (Å²) in [4.78, 5) is 26.9. The van der Waals surface area contributed by atoms with Crippen LogP contribution in [0.5, 0.6) is 0 Å². The molecule has 0 saturated carbocycles. The van der Waals surface area contributed by atoms with Crippen molar-refractivity contribution < 1.29 is 9.59 Å². The summed E-state index contributed by atoms with van der Waals surface area (Å²) in [5.41, 5.74) is 0. The van der Waals surface area contributed by atoms with Crippen LogP contribution in [0.2, 0.25) is 0 Å². The third-order valence-electron chi connectivity index (χ3n) is 2.74. The maximum atomic E-state index is 12.2. The lowest BCUT2D eigenvalue weighted by Crippen LogP contribution is -2.52. The van der Waals surface area contributed by atoms with Crippen molar-refractivity contribution in [3.63, 3.8) is 0 Å². The van der Waals surface area contributed by atoms with Crippen LogP contribution in [0.1, 0.15) is 6.92 Å². The first-order chi connectivity index (χ1) is 8.06. The first-order valence-corrected chi connectivity index (χ1v) is 7.01. The van der Waals surface area contributed by atoms with Gasteiger partial charge in [-0.2, -0.15) is 11.8 Å². The molecule has 0 aromatic rings. The highest BCUT2D eigenvalue weighted by molar-refractivity contribution is 7.99. The third-order valence-corrected chi connectivity index (χ3v) is 3.80. The van der Waals surface area contributed by atoms with E-state index in [4.69, 9.17) is 0 Å². The minimum absolute atomic E-state index is 0.0369. The lowest BCUT2D eigenvalue weighted by atomic mass is 10.2. The van der Waals surface area contributed by atoms with E-state index in [0.29, 0.717) is 6.54 Å². The van der Waals surface area contributed by atoms with Gasteiger partial charge in [0.1, 0.15) is 0 Å². The molecule has 0 aliphatic carbocycles. The van der Waals surface area contributed by atoms with E-state index in [1.54, 1.807) is 30.8 Å². The molecule has 0 aromatic carbocycles. The van der Waals surface area contributed by atoms with Crippen LogP contribution in [0, 0.1) is 0 Å². The third kappa shape index (κ3) is 4.20. The minimum atomic E-state index is -0.135. The number of carbonyl (C=O) groups excluding carboxylic acids is 2. The number of nitrogens with one attached hydrogen (secondary N) is 1. The zero-order valence-corrected chi connectivity index (χ0v) is 11.5. The van der Waals surface area contributed by atoms with Gasteiger partial charge in [-0.05, 0) is 6.92 Å². The van der Waals surface area contributed by atoms with Crippen molar-refractivity contribution in [1.29, 1.82) is 0 Å². The van der Waals surface area contributed by atoms with Gasteiger partial charge in [0, 0.05) is 38.7 Å². The van der Waals surface area contributed by atoms with Gasteiger partial charge in [0.25, 0.3) is 0 Å². The van der Waals surface area contributed by atoms with Gasteiger partial charge >= 0.3 is 0 Å². The molecular formula is C11H21N3O2S. The highest BCUT2D eigenvalue weighted by atomic mass is 32.2. The summed E-state index contributed by atoms with van der Waals surface area (Å²) in [6, 6.07) is -0.135. The normalized spacial score (nSPS) is 19.8. The van der Waals surface area contributed by atoms with Crippen LogP contribution < -0.4 is 5.32 Å². The summed E-state index contributed by atoms with van der Waals surface area (Å²) in [6.07, 6.45) is 0. The van der Waals surface area contributed by atoms with Crippen LogP contribution in [-0.4, -0.2) is 72.9 Å². The Morgan fingerprint density at radius 2 is 2.12 bits per heavy atom. The molecule has 6 heteroatoms. The van der Waals surface area contributed by atoms with Crippen molar-refractivity contribution in [3.05, 3.63) is 0 Å². The summed E-state index contributed by atoms with van der Waals surface area (Å²) < 4.78 is 0. The summed E-state index contributed by atoms with van der Waals surface area (Å²) in [7, 11) is 3.41. The number of carbonyl (C=O) groups is 2. The zero-order chi connectivity index (χ0) is 12.8. The molecule has 1 aliphatic heterocycles. The molecular weight excluding hydrogens is 238 g/mol. The van der Waals surface area contributed by atoms with Crippen LogP contribution in [-0.2, 0) is 9.59 Å². The van der Waals surface area contributed by atoms with Gasteiger partial charge < -0.3 is 15.1 Å². The van der Waals surface area contributed by atoms with E-state index in [1.807, 2.05) is 6.92 Å². The Morgan fingerprint density at radius 3 is 2.59 bits per heavy atom. The summed E-state index contributed by atoms with van der Waals surface area (Å²) in [6.45, 7) is 3.50. The summed E-state index contributed by atoms with van der Waals surface area (Å²) >= 11 is 1.78. The number of amides is 2. The van der Waals surface area contributed by atoms with Crippen molar-refractivity contribution >= 4 is 23.6 Å². The first kappa shape index (κ1) is 14.3. The lowest BCUT2D eigenvalue weighted by Gasteiger charge is -2.29. The molecule has 1 N–H and O–H groups in total. The molecule has 0 bridgehead atoms. The van der Waals surface area contributed by atoms with E-state index in [2.05, 4.69) is 5.32 Å². The second-order valence-corrected chi connectivity index (χ2v) is 5.37. The van der Waals surface area contributed by atoms with Crippen molar-refractivity contribution in [2.75, 3.05) is 45.2 Å². The lowest BCUT2D eigenvalue weighted by molar-refractivity contribution is -0.140. The largest absolute Gasteiger partial charge is 0.347 e. The molecule has 1 saturated heterocycles. The Balaban J connectivity index is 2.53. The van der Waals surface area contributed by atoms with E-state index in [-0.39, 0.29) is 24.4 Å². The molecule has 5 nitrogen and oxygen atoms in total. The molecule has 0 radical (unpaired) electrons. The molecule has 0 spiro atoms. The van der Waals surface area contributed by atoms with Gasteiger partial charge in [-0.25, -0.2) is 0 Å². The molecule has 2 amide bonds. The molecule has 1 rings (SSSR count). The van der Waals surface area contributed by atoms with Crippen LogP contribution in [0.15, 0.2) is 0 Å². The van der Waals surface area contributed by atoms with Crippen LogP contribution in [0.4, 0.5) is 0 Å². The number of likely N-dealkylation sites (N-methyl/N-ethyl adjacent to an activating group) is 2. The Morgan fingerprint density at radius 1 is 1.41 bits per heavy atom. The average molecular weight is 259 g/mol. The molecule has 1 fully saturated rings. The topological polar surface area (TPSA) is 52.7 Å². The fourth-order valence-electron chi connectivity index (χ4n) is 1.59. The molecule has 1 aliphatic rings. The predicted molar refractivity (Wildman–Crippen MR) is 70.1 cm³/mol. The predicted octanol–water partition coefficient (Wildman–Crippen LogP) is -0.372. The number of thioether (sulfide) groups is 1. The van der Waals surface area contributed by atoms with E-state index >= 15 is 0 Å². The first-order valence-electron chi connectivity index (χ1n) is 5.86. The molecule has 1 heterocycles. The van der Waals surface area contributed by atoms with Gasteiger partial charge in [0.15, 0.2) is 0 Å². The van der Waals surface area contributed by atoms with Gasteiger partial charge in [-0.1, -0.05) is 0 Å². The van der Waals surface area contributed by atoms with E-state index in [1.165, 1.54) is 4.90 Å². The van der Waals surface area contributed by atoms with Crippen LogP contribution >= 0.6 is 11.8 Å². The second-order valence-electron chi connectivity index (χ2n) is 4.22. The second kappa shape index (κ2) is 6.86. The summed E-state index contributed by atoms with van der Waals surface area (Å²) in [5, 5.41) is 3.20. The Bertz CT molecular complexity index is 278. The van der Waals surface area contributed by atoms with Gasteiger partial charge in [-0.15, -0.1) is 0 Å². The van der Waals surface area contributed by atoms with Crippen LogP contribution in [0.25, 0.3) is 0 Å². The molecule has 98 valence electrons. The number of rotatable bonds is 4.